The van der Waals surface area contributed by atoms with E-state index in [1.165, 1.54) is 19.3 Å². The van der Waals surface area contributed by atoms with E-state index in [-0.39, 0.29) is 5.88 Å². The van der Waals surface area contributed by atoms with E-state index in [0.717, 1.165) is 0 Å². The van der Waals surface area contributed by atoms with Crippen molar-refractivity contribution in [3.8, 4) is 0 Å². The Morgan fingerprint density at radius 1 is 1.54 bits per heavy atom. The molecule has 0 amide bonds. The van der Waals surface area contributed by atoms with Crippen LogP contribution in [-0.4, -0.2) is 41.0 Å². The molecule has 4 heteroatoms. The van der Waals surface area contributed by atoms with Gasteiger partial charge in [-0.2, -0.15) is 0 Å². The van der Waals surface area contributed by atoms with Crippen molar-refractivity contribution in [1.29, 1.82) is 0 Å². The fourth-order valence-corrected chi connectivity index (χ4v) is 2.30. The molecule has 0 aromatic heterocycles. The highest BCUT2D eigenvalue weighted by Crippen LogP contribution is 2.38. The van der Waals surface area contributed by atoms with Gasteiger partial charge in [-0.1, -0.05) is 6.42 Å². The summed E-state index contributed by atoms with van der Waals surface area (Å²) in [4.78, 5) is 13.1. The Balaban J connectivity index is 1.89. The fourth-order valence-electron chi connectivity index (χ4n) is 2.02. The van der Waals surface area contributed by atoms with Gasteiger partial charge in [0.25, 0.3) is 0 Å². The molecule has 1 heterocycles. The van der Waals surface area contributed by atoms with Crippen molar-refractivity contribution in [3.63, 3.8) is 0 Å². The number of rotatable bonds is 3. The van der Waals surface area contributed by atoms with Crippen LogP contribution in [0, 0.1) is 5.41 Å². The van der Waals surface area contributed by atoms with Gasteiger partial charge >= 0.3 is 5.97 Å². The van der Waals surface area contributed by atoms with Crippen molar-refractivity contribution in [1.82, 2.24) is 4.90 Å². The summed E-state index contributed by atoms with van der Waals surface area (Å²) in [6, 6.07) is 0.649. The number of carboxylic acid groups (broad SMARTS) is 1. The van der Waals surface area contributed by atoms with Crippen LogP contribution in [0.5, 0.6) is 0 Å². The molecule has 0 radical (unpaired) electrons. The summed E-state index contributed by atoms with van der Waals surface area (Å²) >= 11 is 5.68. The molecule has 0 aromatic carbocycles. The summed E-state index contributed by atoms with van der Waals surface area (Å²) in [5, 5.41) is 8.96. The third-order valence-electron chi connectivity index (χ3n) is 3.31. The quantitative estimate of drug-likeness (QED) is 0.700. The highest BCUT2D eigenvalue weighted by molar-refractivity contribution is 6.19. The van der Waals surface area contributed by atoms with E-state index in [0.29, 0.717) is 19.1 Å². The van der Waals surface area contributed by atoms with E-state index in [4.69, 9.17) is 16.7 Å². The van der Waals surface area contributed by atoms with Gasteiger partial charge in [0.15, 0.2) is 0 Å². The monoisotopic (exact) mass is 203 g/mol. The average Bonchev–Trinajstić information content (AvgIpc) is 1.90. The van der Waals surface area contributed by atoms with Gasteiger partial charge in [0, 0.05) is 25.0 Å². The third kappa shape index (κ3) is 1.34. The minimum atomic E-state index is -0.738. The van der Waals surface area contributed by atoms with Crippen molar-refractivity contribution < 1.29 is 9.90 Å². The first-order valence-corrected chi connectivity index (χ1v) is 5.25. The van der Waals surface area contributed by atoms with Crippen LogP contribution in [-0.2, 0) is 4.79 Å². The second-order valence-electron chi connectivity index (χ2n) is 4.21. The molecule has 2 fully saturated rings. The maximum absolute atomic E-state index is 10.9. The number of likely N-dealkylation sites (tertiary alicyclic amines) is 1. The third-order valence-corrected chi connectivity index (χ3v) is 3.82. The van der Waals surface area contributed by atoms with Gasteiger partial charge in [0.2, 0.25) is 0 Å². The second kappa shape index (κ2) is 3.14. The molecule has 0 spiro atoms. The predicted octanol–water partition coefficient (Wildman–Crippen LogP) is 1.16. The smallest absolute Gasteiger partial charge is 0.313 e. The normalized spacial score (nSPS) is 27.8. The number of carboxylic acids is 1. The standard InChI is InChI=1S/C9H14ClNO2/c10-4-9(8(12)13)5-11(6-9)7-2-1-3-7/h7H,1-6H2,(H,12,13). The summed E-state index contributed by atoms with van der Waals surface area (Å²) in [6.45, 7) is 1.30. The Morgan fingerprint density at radius 2 is 2.15 bits per heavy atom. The molecule has 1 aliphatic carbocycles. The predicted molar refractivity (Wildman–Crippen MR) is 50.0 cm³/mol. The number of nitrogens with zero attached hydrogens (tertiary/aromatic N) is 1. The van der Waals surface area contributed by atoms with E-state index in [9.17, 15) is 4.79 Å². The van der Waals surface area contributed by atoms with E-state index in [2.05, 4.69) is 4.90 Å². The number of hydrogen-bond donors (Lipinski definition) is 1. The van der Waals surface area contributed by atoms with Crippen LogP contribution >= 0.6 is 11.6 Å². The maximum atomic E-state index is 10.9. The number of halogens is 1. The minimum Gasteiger partial charge on any atom is -0.481 e. The highest BCUT2D eigenvalue weighted by Gasteiger charge is 2.51. The van der Waals surface area contributed by atoms with Gasteiger partial charge in [-0.3, -0.25) is 9.69 Å². The van der Waals surface area contributed by atoms with Crippen LogP contribution in [0.2, 0.25) is 0 Å². The zero-order valence-electron chi connectivity index (χ0n) is 7.50. The van der Waals surface area contributed by atoms with Crippen LogP contribution in [0.25, 0.3) is 0 Å². The van der Waals surface area contributed by atoms with Crippen LogP contribution < -0.4 is 0 Å². The van der Waals surface area contributed by atoms with E-state index in [1.807, 2.05) is 0 Å². The van der Waals surface area contributed by atoms with E-state index in [1.54, 1.807) is 0 Å². The lowest BCUT2D eigenvalue weighted by molar-refractivity contribution is -0.161. The lowest BCUT2D eigenvalue weighted by atomic mass is 9.77. The molecule has 1 saturated heterocycles. The Bertz CT molecular complexity index is 222. The lowest BCUT2D eigenvalue weighted by Gasteiger charge is -2.52. The van der Waals surface area contributed by atoms with Crippen molar-refractivity contribution >= 4 is 17.6 Å². The number of aliphatic carboxylic acids is 1. The van der Waals surface area contributed by atoms with E-state index < -0.39 is 11.4 Å². The van der Waals surface area contributed by atoms with Crippen molar-refractivity contribution in [2.45, 2.75) is 25.3 Å². The van der Waals surface area contributed by atoms with Crippen LogP contribution in [0.1, 0.15) is 19.3 Å². The summed E-state index contributed by atoms with van der Waals surface area (Å²) in [7, 11) is 0. The molecule has 1 N–H and O–H groups in total. The molecule has 0 bridgehead atoms. The van der Waals surface area contributed by atoms with Gasteiger partial charge in [-0.15, -0.1) is 11.6 Å². The van der Waals surface area contributed by atoms with Crippen molar-refractivity contribution in [2.75, 3.05) is 19.0 Å². The first-order chi connectivity index (χ1) is 6.18. The molecule has 0 atom stereocenters. The molecule has 0 unspecified atom stereocenters. The molecule has 13 heavy (non-hydrogen) atoms. The molecule has 1 aliphatic heterocycles. The van der Waals surface area contributed by atoms with Gasteiger partial charge in [0.1, 0.15) is 5.41 Å². The van der Waals surface area contributed by atoms with Crippen molar-refractivity contribution in [3.05, 3.63) is 0 Å². The minimum absolute atomic E-state index is 0.242. The Kier molecular flexibility index (Phi) is 2.24. The second-order valence-corrected chi connectivity index (χ2v) is 4.48. The molecular weight excluding hydrogens is 190 g/mol. The first-order valence-electron chi connectivity index (χ1n) is 4.71. The molecule has 74 valence electrons. The highest BCUT2D eigenvalue weighted by atomic mass is 35.5. The largest absolute Gasteiger partial charge is 0.481 e. The fraction of sp³-hybridized carbons (Fsp3) is 0.889. The molecule has 2 aliphatic rings. The maximum Gasteiger partial charge on any atom is 0.313 e. The number of alkyl halides is 1. The number of carbonyl (C=O) groups is 1. The van der Waals surface area contributed by atoms with Gasteiger partial charge < -0.3 is 5.11 Å². The van der Waals surface area contributed by atoms with E-state index >= 15 is 0 Å². The average molecular weight is 204 g/mol. The summed E-state index contributed by atoms with van der Waals surface area (Å²) in [5.41, 5.74) is -0.642. The number of hydrogen-bond acceptors (Lipinski definition) is 2. The molecule has 2 rings (SSSR count). The topological polar surface area (TPSA) is 40.5 Å². The zero-order valence-corrected chi connectivity index (χ0v) is 8.26. The summed E-state index contributed by atoms with van der Waals surface area (Å²) < 4.78 is 0. The molecule has 3 nitrogen and oxygen atoms in total. The Morgan fingerprint density at radius 3 is 2.46 bits per heavy atom. The molecule has 0 aromatic rings. The van der Waals surface area contributed by atoms with Gasteiger partial charge in [-0.25, -0.2) is 0 Å². The molecular formula is C9H14ClNO2. The first kappa shape index (κ1) is 9.28. The Hall–Kier alpha value is -0.280. The van der Waals surface area contributed by atoms with Crippen LogP contribution in [0.4, 0.5) is 0 Å². The Labute approximate surface area is 82.7 Å². The summed E-state index contributed by atoms with van der Waals surface area (Å²) in [6.07, 6.45) is 3.76. The van der Waals surface area contributed by atoms with Crippen LogP contribution in [0.3, 0.4) is 0 Å². The van der Waals surface area contributed by atoms with Crippen molar-refractivity contribution in [2.24, 2.45) is 5.41 Å². The lowest BCUT2D eigenvalue weighted by Crippen LogP contribution is -2.65. The molecule has 1 saturated carbocycles. The summed E-state index contributed by atoms with van der Waals surface area (Å²) in [5.74, 6) is -0.496. The van der Waals surface area contributed by atoms with Gasteiger partial charge in [-0.05, 0) is 12.8 Å². The SMILES string of the molecule is O=C(O)C1(CCl)CN(C2CCC2)C1. The van der Waals surface area contributed by atoms with Gasteiger partial charge in [0.05, 0.1) is 0 Å². The zero-order chi connectivity index (χ0) is 9.47. The van der Waals surface area contributed by atoms with Crippen LogP contribution in [0.15, 0.2) is 0 Å².